The van der Waals surface area contributed by atoms with Crippen LogP contribution in [0, 0.1) is 20.7 Å². The molecule has 1 aromatic heterocycles. The van der Waals surface area contributed by atoms with Crippen molar-refractivity contribution in [1.82, 2.24) is 0 Å². The van der Waals surface area contributed by atoms with Crippen molar-refractivity contribution < 1.29 is 15.5 Å². The molecule has 0 unspecified atom stereocenters. The second-order valence-electron chi connectivity index (χ2n) is 4.53. The first-order valence-electron chi connectivity index (χ1n) is 9.78. The van der Waals surface area contributed by atoms with Gasteiger partial charge in [0.1, 0.15) is 7.05 Å². The van der Waals surface area contributed by atoms with Gasteiger partial charge in [-0.1, -0.05) is 19.0 Å². The Morgan fingerprint density at radius 2 is 2.06 bits per heavy atom. The van der Waals surface area contributed by atoms with Crippen molar-refractivity contribution >= 4 is 0 Å². The molecule has 2 aromatic rings. The lowest BCUT2D eigenvalue weighted by Crippen LogP contribution is -2.32. The zero-order valence-corrected chi connectivity index (χ0v) is 10.8. The van der Waals surface area contributed by atoms with Crippen molar-refractivity contribution in [2.24, 2.45) is 7.05 Å². The molecule has 0 aliphatic rings. The van der Waals surface area contributed by atoms with Crippen LogP contribution in [0.5, 0.6) is 0 Å². The molecule has 0 bridgehead atoms. The molecule has 1 nitrogen and oxygen atoms in total. The van der Waals surface area contributed by atoms with E-state index in [1.54, 1.807) is 42.9 Å². The van der Waals surface area contributed by atoms with Gasteiger partial charge in [0.15, 0.2) is 6.20 Å². The lowest BCUT2D eigenvalue weighted by atomic mass is 9.98. The number of nitrogens with zero attached hydrogens (tertiary/aromatic N) is 1. The summed E-state index contributed by atoms with van der Waals surface area (Å²) in [7, 11) is 1.76. The van der Waals surface area contributed by atoms with Crippen LogP contribution in [0.3, 0.4) is 0 Å². The molecule has 0 atom stereocenters. The highest BCUT2D eigenvalue weighted by Gasteiger charge is 2.16. The smallest absolute Gasteiger partial charge is 0.201 e. The van der Waals surface area contributed by atoms with Crippen molar-refractivity contribution in [3.05, 3.63) is 52.7 Å². The summed E-state index contributed by atoms with van der Waals surface area (Å²) in [6.07, 6.45) is -0.886. The maximum Gasteiger partial charge on any atom is 0.215 e. The van der Waals surface area contributed by atoms with Gasteiger partial charge in [-0.3, -0.25) is 0 Å². The van der Waals surface area contributed by atoms with Crippen LogP contribution >= 0.6 is 0 Å². The molecule has 0 amide bonds. The fourth-order valence-corrected chi connectivity index (χ4v) is 2.30. The number of benzene rings is 1. The zero-order valence-electron chi connectivity index (χ0n) is 18.8. The second-order valence-corrected chi connectivity index (χ2v) is 4.53. The van der Waals surface area contributed by atoms with E-state index in [2.05, 4.69) is 0 Å². The van der Waals surface area contributed by atoms with E-state index in [1.165, 1.54) is 6.07 Å². The van der Waals surface area contributed by atoms with Crippen molar-refractivity contribution in [3.63, 3.8) is 0 Å². The number of hydrogen-bond donors (Lipinski definition) is 0. The lowest BCUT2D eigenvalue weighted by molar-refractivity contribution is -0.661. The summed E-state index contributed by atoms with van der Waals surface area (Å²) in [5.74, 6) is 0. The summed E-state index contributed by atoms with van der Waals surface area (Å²) in [6.45, 7) is -1.36. The number of rotatable bonds is 2. The first kappa shape index (κ1) is 6.01. The minimum Gasteiger partial charge on any atom is -0.201 e. The first-order chi connectivity index (χ1) is 11.7. The third kappa shape index (κ3) is 2.31. The van der Waals surface area contributed by atoms with Crippen LogP contribution in [0.25, 0.3) is 11.3 Å². The molecule has 0 spiro atoms. The largest absolute Gasteiger partial charge is 0.215 e. The molecule has 0 aliphatic carbocycles. The molecule has 94 valence electrons. The number of aryl methyl sites for hydroxylation is 5. The molecular weight excluding hydrogens is 218 g/mol. The third-order valence-electron chi connectivity index (χ3n) is 3.06. The average molecular weight is 248 g/mol. The Morgan fingerprint density at radius 3 is 2.67 bits per heavy atom. The summed E-state index contributed by atoms with van der Waals surface area (Å²) < 4.78 is 62.5. The summed E-state index contributed by atoms with van der Waals surface area (Å²) in [6, 6.07) is 6.33. The minimum atomic E-state index is -2.76. The quantitative estimate of drug-likeness (QED) is 0.714. The van der Waals surface area contributed by atoms with Gasteiger partial charge in [0.25, 0.3) is 0 Å². The van der Waals surface area contributed by atoms with Gasteiger partial charge in [-0.25, -0.2) is 4.57 Å². The van der Waals surface area contributed by atoms with Gasteiger partial charge in [0, 0.05) is 27.7 Å². The Kier molecular flexibility index (Phi) is 1.65. The predicted octanol–water partition coefficient (Wildman–Crippen LogP) is 3.67. The lowest BCUT2D eigenvalue weighted by Gasteiger charge is -2.09. The van der Waals surface area contributed by atoms with Crippen LogP contribution in [-0.4, -0.2) is 0 Å². The SMILES string of the molecule is [2H]C([2H])([2H])c1cc(C)c(-c2ccc(C([2H])([2H])C([2H])([2H])[2H])cc2C)[n+](C)c1. The van der Waals surface area contributed by atoms with E-state index >= 15 is 0 Å². The number of hydrogen-bond acceptors (Lipinski definition) is 0. The van der Waals surface area contributed by atoms with Gasteiger partial charge in [-0.15, -0.1) is 0 Å². The molecule has 0 saturated heterocycles. The zero-order chi connectivity index (χ0) is 20.1. The van der Waals surface area contributed by atoms with Crippen LogP contribution in [0.4, 0.5) is 0 Å². The maximum absolute atomic E-state index is 7.91. The average Bonchev–Trinajstić information content (AvgIpc) is 2.45. The molecule has 1 heterocycles. The normalized spacial score (nSPS) is 19.5. The topological polar surface area (TPSA) is 3.88 Å². The Bertz CT molecular complexity index is 811. The summed E-state index contributed by atoms with van der Waals surface area (Å²) >= 11 is 0. The Morgan fingerprint density at radius 1 is 1.22 bits per heavy atom. The van der Waals surface area contributed by atoms with Crippen molar-refractivity contribution in [2.45, 2.75) is 33.9 Å². The molecule has 2 rings (SSSR count). The van der Waals surface area contributed by atoms with Crippen LogP contribution in [0.2, 0.25) is 0 Å². The second kappa shape index (κ2) is 4.93. The van der Waals surface area contributed by atoms with E-state index in [-0.39, 0.29) is 11.1 Å². The monoisotopic (exact) mass is 248 g/mol. The Labute approximate surface area is 121 Å². The van der Waals surface area contributed by atoms with Crippen LogP contribution in [-0.2, 0) is 13.4 Å². The minimum absolute atomic E-state index is 0.0955. The van der Waals surface area contributed by atoms with E-state index in [9.17, 15) is 0 Å². The molecule has 0 N–H and O–H groups in total. The molecule has 0 saturated carbocycles. The van der Waals surface area contributed by atoms with Gasteiger partial charge < -0.3 is 0 Å². The Balaban J connectivity index is 2.59. The maximum atomic E-state index is 7.91. The molecule has 1 heteroatoms. The summed E-state index contributed by atoms with van der Waals surface area (Å²) in [5.41, 5.74) is 3.43. The molecular formula is C17H22N+. The van der Waals surface area contributed by atoms with Crippen molar-refractivity contribution in [2.75, 3.05) is 0 Å². The standard InChI is InChI=1S/C17H22N/c1-6-15-7-8-16(13(3)10-15)17-14(4)9-12(2)11-18(17)5/h7-11H,6H2,1-5H3/q+1/i1D3,2D3,6D2. The third-order valence-corrected chi connectivity index (χ3v) is 3.06. The van der Waals surface area contributed by atoms with Gasteiger partial charge in [-0.05, 0) is 50.3 Å². The van der Waals surface area contributed by atoms with E-state index in [4.69, 9.17) is 11.0 Å². The van der Waals surface area contributed by atoms with Crippen molar-refractivity contribution in [1.29, 1.82) is 0 Å². The van der Waals surface area contributed by atoms with Crippen LogP contribution < -0.4 is 4.57 Å². The predicted molar refractivity (Wildman–Crippen MR) is 76.6 cm³/mol. The van der Waals surface area contributed by atoms with Gasteiger partial charge >= 0.3 is 0 Å². The van der Waals surface area contributed by atoms with E-state index in [1.807, 2.05) is 6.92 Å². The first-order valence-corrected chi connectivity index (χ1v) is 5.78. The summed E-state index contributed by atoms with van der Waals surface area (Å²) in [5, 5.41) is 0. The van der Waals surface area contributed by atoms with Gasteiger partial charge in [0.2, 0.25) is 5.69 Å². The number of pyridine rings is 1. The van der Waals surface area contributed by atoms with E-state index in [0.717, 1.165) is 22.4 Å². The molecule has 1 aromatic carbocycles. The molecule has 0 radical (unpaired) electrons. The van der Waals surface area contributed by atoms with Gasteiger partial charge in [0.05, 0.1) is 0 Å². The number of aromatic nitrogens is 1. The molecule has 0 fully saturated rings. The van der Waals surface area contributed by atoms with E-state index < -0.39 is 20.1 Å². The highest BCUT2D eigenvalue weighted by molar-refractivity contribution is 5.64. The fourth-order valence-electron chi connectivity index (χ4n) is 2.30. The Hall–Kier alpha value is -1.63. The highest BCUT2D eigenvalue weighted by atomic mass is 14.9. The summed E-state index contributed by atoms with van der Waals surface area (Å²) in [4.78, 5) is 0. The highest BCUT2D eigenvalue weighted by Crippen LogP contribution is 2.24. The van der Waals surface area contributed by atoms with Crippen molar-refractivity contribution in [3.8, 4) is 11.3 Å². The van der Waals surface area contributed by atoms with E-state index in [0.29, 0.717) is 0 Å². The van der Waals surface area contributed by atoms with Crippen LogP contribution in [0.15, 0.2) is 30.5 Å². The molecule has 18 heavy (non-hydrogen) atoms. The van der Waals surface area contributed by atoms with Gasteiger partial charge in [-0.2, -0.15) is 0 Å². The van der Waals surface area contributed by atoms with Crippen LogP contribution in [0.1, 0.15) is 40.1 Å². The molecule has 0 aliphatic heterocycles. The fraction of sp³-hybridized carbons (Fsp3) is 0.353.